The summed E-state index contributed by atoms with van der Waals surface area (Å²) in [6, 6.07) is 54.3. The highest BCUT2D eigenvalue weighted by molar-refractivity contribution is 6.31. The monoisotopic (exact) mass is 652 g/mol. The van der Waals surface area contributed by atoms with Crippen LogP contribution in [-0.4, -0.2) is 4.57 Å². The minimum Gasteiger partial charge on any atom is -0.310 e. The summed E-state index contributed by atoms with van der Waals surface area (Å²) in [7, 11) is 0. The van der Waals surface area contributed by atoms with Crippen LogP contribution in [0.2, 0.25) is 5.02 Å². The van der Waals surface area contributed by atoms with E-state index in [0.29, 0.717) is 5.02 Å². The molecular weight excluding hydrogens is 616 g/mol. The van der Waals surface area contributed by atoms with E-state index in [-0.39, 0.29) is 0 Å². The molecule has 0 fully saturated rings. The zero-order valence-electron chi connectivity index (χ0n) is 28.2. The molecule has 7 aromatic carbocycles. The maximum absolute atomic E-state index is 7.03. The smallest absolute Gasteiger partial charge is 0.0541 e. The predicted molar refractivity (Wildman–Crippen MR) is 210 cm³/mol. The quantitative estimate of drug-likeness (QED) is 0.173. The third-order valence-corrected chi connectivity index (χ3v) is 9.94. The molecule has 0 atom stereocenters. The Morgan fingerprint density at radius 2 is 0.878 bits per heavy atom. The van der Waals surface area contributed by atoms with Crippen molar-refractivity contribution >= 4 is 50.5 Å². The summed E-state index contributed by atoms with van der Waals surface area (Å²) >= 11 is 7.03. The molecule has 0 aliphatic carbocycles. The van der Waals surface area contributed by atoms with Gasteiger partial charge in [-0.15, -0.1) is 0 Å². The molecule has 0 unspecified atom stereocenters. The summed E-state index contributed by atoms with van der Waals surface area (Å²) in [5, 5.41) is 3.11. The number of rotatable bonds is 6. The van der Waals surface area contributed by atoms with Gasteiger partial charge in [0.2, 0.25) is 0 Å². The average molecular weight is 653 g/mol. The third kappa shape index (κ3) is 5.49. The van der Waals surface area contributed by atoms with E-state index in [4.69, 9.17) is 11.6 Å². The van der Waals surface area contributed by atoms with Gasteiger partial charge in [-0.3, -0.25) is 0 Å². The molecule has 0 radical (unpaired) electrons. The molecular formula is C46H37ClN2. The van der Waals surface area contributed by atoms with Gasteiger partial charge in [-0.25, -0.2) is 0 Å². The molecule has 0 amide bonds. The van der Waals surface area contributed by atoms with E-state index < -0.39 is 0 Å². The Bertz CT molecular complexity index is 2300. The van der Waals surface area contributed by atoms with Gasteiger partial charge < -0.3 is 9.47 Å². The summed E-state index contributed by atoms with van der Waals surface area (Å²) in [6.45, 7) is 8.81. The minimum absolute atomic E-state index is 0.679. The van der Waals surface area contributed by atoms with Crippen molar-refractivity contribution in [3.8, 4) is 27.9 Å². The lowest BCUT2D eigenvalue weighted by molar-refractivity contribution is 1.17. The summed E-state index contributed by atoms with van der Waals surface area (Å²) in [5.74, 6) is 0. The molecule has 0 aliphatic rings. The van der Waals surface area contributed by atoms with Crippen molar-refractivity contribution in [3.05, 3.63) is 179 Å². The molecule has 0 N–H and O–H groups in total. The average Bonchev–Trinajstić information content (AvgIpc) is 3.42. The van der Waals surface area contributed by atoms with E-state index in [1.54, 1.807) is 0 Å². The number of halogens is 1. The van der Waals surface area contributed by atoms with Gasteiger partial charge in [-0.05, 0) is 139 Å². The molecule has 8 aromatic rings. The van der Waals surface area contributed by atoms with Crippen molar-refractivity contribution in [2.75, 3.05) is 4.90 Å². The summed E-state index contributed by atoms with van der Waals surface area (Å²) in [5.41, 5.74) is 16.6. The fourth-order valence-electron chi connectivity index (χ4n) is 7.57. The SMILES string of the molecule is Cc1cccc(C)c1-c1ccc2c(c1)c1cc(-c3c(C)cccc3C)ccc1n2-c1cc(Cl)cc(N(c2ccccc2)c2ccccc2)c1. The van der Waals surface area contributed by atoms with E-state index in [1.807, 2.05) is 12.1 Å². The van der Waals surface area contributed by atoms with Gasteiger partial charge in [0.25, 0.3) is 0 Å². The highest BCUT2D eigenvalue weighted by Gasteiger charge is 2.19. The Labute approximate surface area is 293 Å². The molecule has 238 valence electrons. The normalized spacial score (nSPS) is 11.4. The van der Waals surface area contributed by atoms with Gasteiger partial charge in [0.1, 0.15) is 0 Å². The molecule has 8 rings (SSSR count). The maximum atomic E-state index is 7.03. The Morgan fingerprint density at radius 3 is 1.33 bits per heavy atom. The van der Waals surface area contributed by atoms with E-state index in [0.717, 1.165) is 33.8 Å². The molecule has 0 saturated carbocycles. The Kier molecular flexibility index (Phi) is 7.82. The highest BCUT2D eigenvalue weighted by Crippen LogP contribution is 2.42. The van der Waals surface area contributed by atoms with Crippen LogP contribution in [0.15, 0.2) is 152 Å². The molecule has 0 aliphatic heterocycles. The van der Waals surface area contributed by atoms with Crippen LogP contribution >= 0.6 is 11.6 Å². The van der Waals surface area contributed by atoms with E-state index in [1.165, 1.54) is 55.3 Å². The highest BCUT2D eigenvalue weighted by atomic mass is 35.5. The number of aryl methyl sites for hydroxylation is 4. The van der Waals surface area contributed by atoms with Crippen molar-refractivity contribution in [1.29, 1.82) is 0 Å². The van der Waals surface area contributed by atoms with Crippen LogP contribution in [0, 0.1) is 27.7 Å². The zero-order valence-corrected chi connectivity index (χ0v) is 29.0. The standard InChI is InChI=1S/C46H37ClN2/c1-30-13-11-14-31(2)45(30)34-21-23-43-41(25-34)42-26-35(46-32(3)15-12-16-33(46)4)22-24-44(42)49(43)40-28-36(47)27-39(29-40)48(37-17-7-5-8-18-37)38-19-9-6-10-20-38/h5-29H,1-4H3. The minimum atomic E-state index is 0.679. The third-order valence-electron chi connectivity index (χ3n) is 9.72. The number of hydrogen-bond acceptors (Lipinski definition) is 1. The van der Waals surface area contributed by atoms with Crippen molar-refractivity contribution < 1.29 is 0 Å². The van der Waals surface area contributed by atoms with Crippen molar-refractivity contribution in [2.45, 2.75) is 27.7 Å². The van der Waals surface area contributed by atoms with Gasteiger partial charge >= 0.3 is 0 Å². The number of fused-ring (bicyclic) bond motifs is 3. The van der Waals surface area contributed by atoms with Crippen LogP contribution in [-0.2, 0) is 0 Å². The molecule has 0 spiro atoms. The number of para-hydroxylation sites is 2. The molecule has 1 aromatic heterocycles. The Morgan fingerprint density at radius 1 is 0.429 bits per heavy atom. The van der Waals surface area contributed by atoms with Gasteiger partial charge in [0.05, 0.1) is 11.0 Å². The lowest BCUT2D eigenvalue weighted by Gasteiger charge is -2.26. The van der Waals surface area contributed by atoms with Crippen molar-refractivity contribution in [2.24, 2.45) is 0 Å². The molecule has 3 heteroatoms. The lowest BCUT2D eigenvalue weighted by Crippen LogP contribution is -2.10. The first-order valence-corrected chi connectivity index (χ1v) is 17.2. The first-order chi connectivity index (χ1) is 23.9. The first kappa shape index (κ1) is 30.7. The fourth-order valence-corrected chi connectivity index (χ4v) is 7.79. The van der Waals surface area contributed by atoms with E-state index in [9.17, 15) is 0 Å². The second-order valence-electron chi connectivity index (χ2n) is 13.0. The summed E-state index contributed by atoms with van der Waals surface area (Å²) in [6.07, 6.45) is 0. The molecule has 0 bridgehead atoms. The second kappa shape index (κ2) is 12.5. The van der Waals surface area contributed by atoms with Crippen LogP contribution in [0.25, 0.3) is 49.7 Å². The molecule has 1 heterocycles. The Hall–Kier alpha value is -5.57. The van der Waals surface area contributed by atoms with E-state index >= 15 is 0 Å². The summed E-state index contributed by atoms with van der Waals surface area (Å²) in [4.78, 5) is 2.27. The molecule has 0 saturated heterocycles. The van der Waals surface area contributed by atoms with E-state index in [2.05, 4.69) is 177 Å². The maximum Gasteiger partial charge on any atom is 0.0541 e. The number of anilines is 3. The van der Waals surface area contributed by atoms with Crippen LogP contribution in [0.4, 0.5) is 17.1 Å². The van der Waals surface area contributed by atoms with Crippen molar-refractivity contribution in [3.63, 3.8) is 0 Å². The largest absolute Gasteiger partial charge is 0.310 e. The first-order valence-electron chi connectivity index (χ1n) is 16.8. The van der Waals surface area contributed by atoms with Crippen LogP contribution in [0.1, 0.15) is 22.3 Å². The molecule has 2 nitrogen and oxygen atoms in total. The predicted octanol–water partition coefficient (Wildman–Crippen LogP) is 13.5. The number of aromatic nitrogens is 1. The topological polar surface area (TPSA) is 8.17 Å². The van der Waals surface area contributed by atoms with Gasteiger partial charge in [-0.1, -0.05) is 96.5 Å². The second-order valence-corrected chi connectivity index (χ2v) is 13.4. The van der Waals surface area contributed by atoms with Crippen LogP contribution in [0.5, 0.6) is 0 Å². The lowest BCUT2D eigenvalue weighted by atomic mass is 9.93. The fraction of sp³-hybridized carbons (Fsp3) is 0.0870. The summed E-state index contributed by atoms with van der Waals surface area (Å²) < 4.78 is 2.37. The van der Waals surface area contributed by atoms with Gasteiger partial charge in [0, 0.05) is 38.5 Å². The zero-order chi connectivity index (χ0) is 33.6. The Balaban J connectivity index is 1.40. The molecule has 49 heavy (non-hydrogen) atoms. The van der Waals surface area contributed by atoms with Crippen LogP contribution in [0.3, 0.4) is 0 Å². The van der Waals surface area contributed by atoms with Gasteiger partial charge in [0.15, 0.2) is 0 Å². The number of nitrogens with zero attached hydrogens (tertiary/aromatic N) is 2. The number of hydrogen-bond donors (Lipinski definition) is 0. The van der Waals surface area contributed by atoms with Crippen molar-refractivity contribution in [1.82, 2.24) is 4.57 Å². The van der Waals surface area contributed by atoms with Crippen LogP contribution < -0.4 is 4.90 Å². The van der Waals surface area contributed by atoms with Gasteiger partial charge in [-0.2, -0.15) is 0 Å². The number of benzene rings is 7.